The summed E-state index contributed by atoms with van der Waals surface area (Å²) in [7, 11) is 0. The summed E-state index contributed by atoms with van der Waals surface area (Å²) >= 11 is 6.14. The van der Waals surface area contributed by atoms with Crippen molar-refractivity contribution < 1.29 is 4.79 Å². The fraction of sp³-hybridized carbons (Fsp3) is 0.214. The van der Waals surface area contributed by atoms with Crippen LogP contribution in [0.15, 0.2) is 30.3 Å². The smallest absolute Gasteiger partial charge is 0.151 e. The van der Waals surface area contributed by atoms with Gasteiger partial charge in [0.1, 0.15) is 0 Å². The molecule has 2 aromatic rings. The van der Waals surface area contributed by atoms with E-state index in [1.165, 1.54) is 0 Å². The molecule has 0 aliphatic heterocycles. The van der Waals surface area contributed by atoms with Gasteiger partial charge in [-0.1, -0.05) is 29.8 Å². The van der Waals surface area contributed by atoms with Gasteiger partial charge in [-0.2, -0.15) is 0 Å². The predicted molar refractivity (Wildman–Crippen MR) is 69.8 cm³/mol. The van der Waals surface area contributed by atoms with E-state index in [1.807, 2.05) is 44.2 Å². The molecule has 1 aromatic carbocycles. The Balaban J connectivity index is 2.40. The summed E-state index contributed by atoms with van der Waals surface area (Å²) < 4.78 is 2.10. The summed E-state index contributed by atoms with van der Waals surface area (Å²) in [5, 5.41) is 0.757. The van der Waals surface area contributed by atoms with E-state index in [1.54, 1.807) is 0 Å². The highest BCUT2D eigenvalue weighted by molar-refractivity contribution is 6.31. The van der Waals surface area contributed by atoms with Crippen LogP contribution in [0.3, 0.4) is 0 Å². The third-order valence-corrected chi connectivity index (χ3v) is 3.39. The van der Waals surface area contributed by atoms with Crippen LogP contribution in [0.5, 0.6) is 0 Å². The highest BCUT2D eigenvalue weighted by Gasteiger charge is 2.09. The van der Waals surface area contributed by atoms with Crippen LogP contribution in [0.1, 0.15) is 27.3 Å². The predicted octanol–water partition coefficient (Wildman–Crippen LogP) is 3.62. The van der Waals surface area contributed by atoms with E-state index in [0.717, 1.165) is 33.8 Å². The molecule has 0 saturated carbocycles. The largest absolute Gasteiger partial charge is 0.344 e. The third-order valence-electron chi connectivity index (χ3n) is 3.03. The molecule has 0 radical (unpaired) electrons. The van der Waals surface area contributed by atoms with Crippen molar-refractivity contribution in [1.29, 1.82) is 0 Å². The first kappa shape index (κ1) is 11.9. The molecule has 88 valence electrons. The minimum Gasteiger partial charge on any atom is -0.344 e. The van der Waals surface area contributed by atoms with Crippen molar-refractivity contribution in [3.63, 3.8) is 0 Å². The van der Waals surface area contributed by atoms with Crippen LogP contribution in [-0.2, 0) is 6.54 Å². The number of aryl methyl sites for hydroxylation is 1. The molecule has 0 spiro atoms. The lowest BCUT2D eigenvalue weighted by Crippen LogP contribution is -2.04. The molecule has 0 fully saturated rings. The van der Waals surface area contributed by atoms with Gasteiger partial charge in [0.15, 0.2) is 6.29 Å². The van der Waals surface area contributed by atoms with Crippen LogP contribution in [-0.4, -0.2) is 10.9 Å². The van der Waals surface area contributed by atoms with E-state index < -0.39 is 0 Å². The average Bonchev–Trinajstić information content (AvgIpc) is 2.59. The molecule has 0 N–H and O–H groups in total. The molecule has 0 aliphatic carbocycles. The van der Waals surface area contributed by atoms with Gasteiger partial charge in [-0.05, 0) is 31.5 Å². The Morgan fingerprint density at radius 1 is 1.29 bits per heavy atom. The Labute approximate surface area is 106 Å². The third kappa shape index (κ3) is 2.27. The second-order valence-corrected chi connectivity index (χ2v) is 4.53. The quantitative estimate of drug-likeness (QED) is 0.760. The zero-order valence-electron chi connectivity index (χ0n) is 9.90. The van der Waals surface area contributed by atoms with Crippen molar-refractivity contribution >= 4 is 17.9 Å². The molecule has 0 bridgehead atoms. The Morgan fingerprint density at radius 3 is 2.59 bits per heavy atom. The van der Waals surface area contributed by atoms with Gasteiger partial charge in [0.05, 0.1) is 0 Å². The summed E-state index contributed by atoms with van der Waals surface area (Å²) in [5.74, 6) is 0. The zero-order chi connectivity index (χ0) is 12.4. The van der Waals surface area contributed by atoms with Crippen LogP contribution in [0.4, 0.5) is 0 Å². The minimum atomic E-state index is 0.700. The van der Waals surface area contributed by atoms with Gasteiger partial charge in [-0.3, -0.25) is 4.79 Å². The summed E-state index contributed by atoms with van der Waals surface area (Å²) in [5.41, 5.74) is 3.87. The lowest BCUT2D eigenvalue weighted by Gasteiger charge is -2.10. The maximum atomic E-state index is 10.9. The molecular weight excluding hydrogens is 234 g/mol. The number of halogens is 1. The number of aldehydes is 1. The van der Waals surface area contributed by atoms with Crippen LogP contribution >= 0.6 is 11.6 Å². The maximum Gasteiger partial charge on any atom is 0.151 e. The van der Waals surface area contributed by atoms with E-state index in [9.17, 15) is 4.79 Å². The van der Waals surface area contributed by atoms with E-state index >= 15 is 0 Å². The van der Waals surface area contributed by atoms with Gasteiger partial charge in [-0.15, -0.1) is 0 Å². The molecule has 17 heavy (non-hydrogen) atoms. The monoisotopic (exact) mass is 247 g/mol. The van der Waals surface area contributed by atoms with Crippen LogP contribution in [0.25, 0.3) is 0 Å². The second-order valence-electron chi connectivity index (χ2n) is 4.12. The number of carbonyl (C=O) groups is 1. The normalized spacial score (nSPS) is 10.5. The van der Waals surface area contributed by atoms with Gasteiger partial charge in [0.2, 0.25) is 0 Å². The molecule has 0 atom stereocenters. The van der Waals surface area contributed by atoms with Gasteiger partial charge >= 0.3 is 0 Å². The first-order valence-electron chi connectivity index (χ1n) is 5.49. The first-order valence-corrected chi connectivity index (χ1v) is 5.86. The van der Waals surface area contributed by atoms with Crippen molar-refractivity contribution in [2.24, 2.45) is 0 Å². The maximum absolute atomic E-state index is 10.9. The number of nitrogens with zero attached hydrogens (tertiary/aromatic N) is 1. The molecular formula is C14H14ClNO. The van der Waals surface area contributed by atoms with Gasteiger partial charge in [0, 0.05) is 28.5 Å². The molecule has 0 saturated heterocycles. The van der Waals surface area contributed by atoms with E-state index in [2.05, 4.69) is 4.57 Å². The zero-order valence-corrected chi connectivity index (χ0v) is 10.7. The topological polar surface area (TPSA) is 22.0 Å². The second kappa shape index (κ2) is 4.76. The van der Waals surface area contributed by atoms with Crippen LogP contribution < -0.4 is 0 Å². The van der Waals surface area contributed by atoms with E-state index in [-0.39, 0.29) is 0 Å². The standard InChI is InChI=1S/C14H14ClNO/c1-10-7-13(9-17)11(2)16(10)8-12-5-3-4-6-14(12)15/h3-7,9H,8H2,1-2H3. The first-order chi connectivity index (χ1) is 8.13. The summed E-state index contributed by atoms with van der Waals surface area (Å²) in [6, 6.07) is 9.67. The number of hydrogen-bond acceptors (Lipinski definition) is 1. The molecule has 0 aliphatic rings. The van der Waals surface area contributed by atoms with Crippen LogP contribution in [0.2, 0.25) is 5.02 Å². The van der Waals surface area contributed by atoms with Crippen molar-refractivity contribution in [2.45, 2.75) is 20.4 Å². The Kier molecular flexibility index (Phi) is 3.34. The number of hydrogen-bond donors (Lipinski definition) is 0. The molecule has 1 heterocycles. The number of carbonyl (C=O) groups excluding carboxylic acids is 1. The molecule has 2 rings (SSSR count). The van der Waals surface area contributed by atoms with Crippen molar-refractivity contribution in [1.82, 2.24) is 4.57 Å². The number of benzene rings is 1. The Bertz CT molecular complexity index is 557. The van der Waals surface area contributed by atoms with Crippen molar-refractivity contribution in [3.05, 3.63) is 57.9 Å². The lowest BCUT2D eigenvalue weighted by atomic mass is 10.2. The molecule has 0 unspecified atom stereocenters. The van der Waals surface area contributed by atoms with Gasteiger partial charge in [-0.25, -0.2) is 0 Å². The summed E-state index contributed by atoms with van der Waals surface area (Å²) in [6.07, 6.45) is 0.894. The van der Waals surface area contributed by atoms with Crippen molar-refractivity contribution in [3.8, 4) is 0 Å². The lowest BCUT2D eigenvalue weighted by molar-refractivity contribution is 0.112. The molecule has 1 aromatic heterocycles. The molecule has 3 heteroatoms. The molecule has 2 nitrogen and oxygen atoms in total. The fourth-order valence-electron chi connectivity index (χ4n) is 1.99. The number of aromatic nitrogens is 1. The average molecular weight is 248 g/mol. The highest BCUT2D eigenvalue weighted by atomic mass is 35.5. The Morgan fingerprint density at radius 2 is 2.00 bits per heavy atom. The van der Waals surface area contributed by atoms with Crippen molar-refractivity contribution in [2.75, 3.05) is 0 Å². The number of rotatable bonds is 3. The fourth-order valence-corrected chi connectivity index (χ4v) is 2.18. The van der Waals surface area contributed by atoms with Crippen LogP contribution in [0, 0.1) is 13.8 Å². The molecule has 0 amide bonds. The highest BCUT2D eigenvalue weighted by Crippen LogP contribution is 2.20. The van der Waals surface area contributed by atoms with E-state index in [4.69, 9.17) is 11.6 Å². The van der Waals surface area contributed by atoms with Gasteiger partial charge < -0.3 is 4.57 Å². The van der Waals surface area contributed by atoms with Gasteiger partial charge in [0.25, 0.3) is 0 Å². The SMILES string of the molecule is Cc1cc(C=O)c(C)n1Cc1ccccc1Cl. The summed E-state index contributed by atoms with van der Waals surface area (Å²) in [4.78, 5) is 10.9. The Hall–Kier alpha value is -1.54. The summed E-state index contributed by atoms with van der Waals surface area (Å²) in [6.45, 7) is 4.65. The van der Waals surface area contributed by atoms with E-state index in [0.29, 0.717) is 6.54 Å². The minimum absolute atomic E-state index is 0.700.